The van der Waals surface area contributed by atoms with Gasteiger partial charge in [-0.3, -0.25) is 9.78 Å². The largest absolute Gasteiger partial charge is 0.465 e. The SMILES string of the molecule is COC(=O)c1cc(-c2ccncc2)c(C)[nH]c1=O. The van der Waals surface area contributed by atoms with E-state index in [4.69, 9.17) is 0 Å². The molecule has 0 aromatic carbocycles. The highest BCUT2D eigenvalue weighted by atomic mass is 16.5. The number of H-pyrrole nitrogens is 1. The van der Waals surface area contributed by atoms with Crippen LogP contribution in [0.5, 0.6) is 0 Å². The molecule has 0 spiro atoms. The highest BCUT2D eigenvalue weighted by molar-refractivity contribution is 5.90. The summed E-state index contributed by atoms with van der Waals surface area (Å²) in [5, 5.41) is 0. The number of pyridine rings is 2. The van der Waals surface area contributed by atoms with E-state index >= 15 is 0 Å². The number of nitrogens with zero attached hydrogens (tertiary/aromatic N) is 1. The molecule has 0 saturated carbocycles. The van der Waals surface area contributed by atoms with E-state index < -0.39 is 11.5 Å². The molecule has 2 heterocycles. The van der Waals surface area contributed by atoms with Crippen LogP contribution in [0.3, 0.4) is 0 Å². The summed E-state index contributed by atoms with van der Waals surface area (Å²) in [4.78, 5) is 29.7. The topological polar surface area (TPSA) is 72.0 Å². The van der Waals surface area contributed by atoms with Crippen LogP contribution >= 0.6 is 0 Å². The Labute approximate surface area is 103 Å². The molecule has 5 heteroatoms. The van der Waals surface area contributed by atoms with E-state index in [9.17, 15) is 9.59 Å². The van der Waals surface area contributed by atoms with E-state index in [1.165, 1.54) is 13.2 Å². The average molecular weight is 244 g/mol. The molecule has 0 aliphatic heterocycles. The van der Waals surface area contributed by atoms with Crippen molar-refractivity contribution in [1.82, 2.24) is 9.97 Å². The standard InChI is InChI=1S/C13H12N2O3/c1-8-10(9-3-5-14-6-4-9)7-11(12(16)15-8)13(17)18-2/h3-7H,1-2H3,(H,15,16). The maximum atomic E-state index is 11.7. The van der Waals surface area contributed by atoms with Crippen molar-refractivity contribution in [3.8, 4) is 11.1 Å². The number of esters is 1. The summed E-state index contributed by atoms with van der Waals surface area (Å²) >= 11 is 0. The van der Waals surface area contributed by atoms with Crippen molar-refractivity contribution in [3.05, 3.63) is 52.2 Å². The number of aromatic nitrogens is 2. The van der Waals surface area contributed by atoms with E-state index in [1.54, 1.807) is 19.3 Å². The molecule has 0 fully saturated rings. The van der Waals surface area contributed by atoms with E-state index in [2.05, 4.69) is 14.7 Å². The van der Waals surface area contributed by atoms with Gasteiger partial charge in [-0.15, -0.1) is 0 Å². The van der Waals surface area contributed by atoms with Crippen LogP contribution in [0, 0.1) is 6.92 Å². The first kappa shape index (κ1) is 12.0. The fraction of sp³-hybridized carbons (Fsp3) is 0.154. The molecule has 0 unspecified atom stereocenters. The number of ether oxygens (including phenoxy) is 1. The van der Waals surface area contributed by atoms with Crippen molar-refractivity contribution in [2.24, 2.45) is 0 Å². The lowest BCUT2D eigenvalue weighted by Crippen LogP contribution is -2.20. The zero-order valence-electron chi connectivity index (χ0n) is 10.1. The van der Waals surface area contributed by atoms with Gasteiger partial charge < -0.3 is 9.72 Å². The molecule has 0 atom stereocenters. The summed E-state index contributed by atoms with van der Waals surface area (Å²) in [6.45, 7) is 1.78. The second kappa shape index (κ2) is 4.83. The van der Waals surface area contributed by atoms with Gasteiger partial charge in [0.1, 0.15) is 5.56 Å². The molecular weight excluding hydrogens is 232 g/mol. The molecule has 5 nitrogen and oxygen atoms in total. The predicted octanol–water partition coefficient (Wildman–Crippen LogP) is 1.53. The molecule has 0 radical (unpaired) electrons. The molecule has 1 N–H and O–H groups in total. The highest BCUT2D eigenvalue weighted by Gasteiger charge is 2.14. The maximum absolute atomic E-state index is 11.7. The fourth-order valence-corrected chi connectivity index (χ4v) is 1.72. The van der Waals surface area contributed by atoms with Gasteiger partial charge in [0.2, 0.25) is 0 Å². The number of carbonyl (C=O) groups excluding carboxylic acids is 1. The number of nitrogens with one attached hydrogen (secondary N) is 1. The molecule has 0 aliphatic carbocycles. The fourth-order valence-electron chi connectivity index (χ4n) is 1.72. The monoisotopic (exact) mass is 244 g/mol. The zero-order chi connectivity index (χ0) is 13.1. The van der Waals surface area contributed by atoms with Crippen LogP contribution in [0.4, 0.5) is 0 Å². The first-order valence-corrected chi connectivity index (χ1v) is 5.36. The van der Waals surface area contributed by atoms with Gasteiger partial charge in [0.25, 0.3) is 5.56 Å². The summed E-state index contributed by atoms with van der Waals surface area (Å²) in [5.41, 5.74) is 1.90. The van der Waals surface area contributed by atoms with Crippen molar-refractivity contribution in [1.29, 1.82) is 0 Å². The first-order chi connectivity index (χ1) is 8.63. The van der Waals surface area contributed by atoms with Gasteiger partial charge in [0.05, 0.1) is 7.11 Å². The lowest BCUT2D eigenvalue weighted by molar-refractivity contribution is 0.0598. The molecular formula is C13H12N2O3. The van der Waals surface area contributed by atoms with E-state index in [-0.39, 0.29) is 5.56 Å². The van der Waals surface area contributed by atoms with Crippen LogP contribution < -0.4 is 5.56 Å². The molecule has 2 rings (SSSR count). The Morgan fingerprint density at radius 3 is 2.61 bits per heavy atom. The van der Waals surface area contributed by atoms with Gasteiger partial charge >= 0.3 is 5.97 Å². The van der Waals surface area contributed by atoms with Gasteiger partial charge in [-0.05, 0) is 30.7 Å². The average Bonchev–Trinajstić information content (AvgIpc) is 2.39. The van der Waals surface area contributed by atoms with Gasteiger partial charge in [0.15, 0.2) is 0 Å². The summed E-state index contributed by atoms with van der Waals surface area (Å²) in [6.07, 6.45) is 3.30. The van der Waals surface area contributed by atoms with Gasteiger partial charge in [-0.25, -0.2) is 4.79 Å². The smallest absolute Gasteiger partial charge is 0.343 e. The number of carbonyl (C=O) groups is 1. The van der Waals surface area contributed by atoms with Crippen LogP contribution in [0.25, 0.3) is 11.1 Å². The van der Waals surface area contributed by atoms with Crippen LogP contribution in [-0.4, -0.2) is 23.0 Å². The minimum Gasteiger partial charge on any atom is -0.465 e. The Kier molecular flexibility index (Phi) is 3.23. The Hall–Kier alpha value is -2.43. The van der Waals surface area contributed by atoms with Crippen molar-refractivity contribution in [2.45, 2.75) is 6.92 Å². The Morgan fingerprint density at radius 2 is 2.00 bits per heavy atom. The molecule has 0 saturated heterocycles. The van der Waals surface area contributed by atoms with Gasteiger partial charge in [-0.1, -0.05) is 0 Å². The van der Waals surface area contributed by atoms with Crippen molar-refractivity contribution >= 4 is 5.97 Å². The quantitative estimate of drug-likeness (QED) is 0.813. The molecule has 0 amide bonds. The van der Waals surface area contributed by atoms with Crippen LogP contribution in [0.15, 0.2) is 35.4 Å². The molecule has 0 aliphatic rings. The predicted molar refractivity (Wildman–Crippen MR) is 66.4 cm³/mol. The minimum atomic E-state index is -0.647. The lowest BCUT2D eigenvalue weighted by atomic mass is 10.0. The number of aromatic amines is 1. The van der Waals surface area contributed by atoms with Crippen molar-refractivity contribution < 1.29 is 9.53 Å². The third kappa shape index (κ3) is 2.15. The van der Waals surface area contributed by atoms with Crippen LogP contribution in [0.1, 0.15) is 16.1 Å². The number of aryl methyl sites for hydroxylation is 1. The minimum absolute atomic E-state index is 0.00471. The first-order valence-electron chi connectivity index (χ1n) is 5.36. The second-order valence-corrected chi connectivity index (χ2v) is 3.78. The summed E-state index contributed by atoms with van der Waals surface area (Å²) in [6, 6.07) is 5.15. The summed E-state index contributed by atoms with van der Waals surface area (Å²) in [7, 11) is 1.24. The molecule has 18 heavy (non-hydrogen) atoms. The third-order valence-electron chi connectivity index (χ3n) is 2.63. The number of hydrogen-bond donors (Lipinski definition) is 1. The number of methoxy groups -OCH3 is 1. The van der Waals surface area contributed by atoms with Crippen molar-refractivity contribution in [3.63, 3.8) is 0 Å². The Balaban J connectivity index is 2.63. The number of rotatable bonds is 2. The van der Waals surface area contributed by atoms with Gasteiger partial charge in [-0.2, -0.15) is 0 Å². The normalized spacial score (nSPS) is 10.1. The van der Waals surface area contributed by atoms with Crippen LogP contribution in [-0.2, 0) is 4.74 Å². The summed E-state index contributed by atoms with van der Waals surface area (Å²) in [5.74, 6) is -0.647. The molecule has 2 aromatic rings. The second-order valence-electron chi connectivity index (χ2n) is 3.78. The summed E-state index contributed by atoms with van der Waals surface area (Å²) < 4.78 is 4.58. The van der Waals surface area contributed by atoms with E-state index in [0.29, 0.717) is 5.69 Å². The van der Waals surface area contributed by atoms with E-state index in [1.807, 2.05) is 12.1 Å². The van der Waals surface area contributed by atoms with Gasteiger partial charge in [0, 0.05) is 23.7 Å². The maximum Gasteiger partial charge on any atom is 0.343 e. The number of hydrogen-bond acceptors (Lipinski definition) is 4. The van der Waals surface area contributed by atoms with E-state index in [0.717, 1.165) is 11.1 Å². The van der Waals surface area contributed by atoms with Crippen LogP contribution in [0.2, 0.25) is 0 Å². The Morgan fingerprint density at radius 1 is 1.33 bits per heavy atom. The lowest BCUT2D eigenvalue weighted by Gasteiger charge is -2.07. The van der Waals surface area contributed by atoms with Crippen molar-refractivity contribution in [2.75, 3.05) is 7.11 Å². The zero-order valence-corrected chi connectivity index (χ0v) is 10.1. The third-order valence-corrected chi connectivity index (χ3v) is 2.63. The molecule has 92 valence electrons. The molecule has 2 aromatic heterocycles. The highest BCUT2D eigenvalue weighted by Crippen LogP contribution is 2.21. The molecule has 0 bridgehead atoms. The Bertz CT molecular complexity index is 632.